The summed E-state index contributed by atoms with van der Waals surface area (Å²) in [6.45, 7) is 5.01. The van der Waals surface area contributed by atoms with E-state index in [0.717, 1.165) is 13.0 Å². The van der Waals surface area contributed by atoms with Crippen LogP contribution in [0.1, 0.15) is 20.3 Å². The van der Waals surface area contributed by atoms with E-state index < -0.39 is 0 Å². The highest BCUT2D eigenvalue weighted by molar-refractivity contribution is 6.11. The predicted molar refractivity (Wildman–Crippen MR) is 42.6 cm³/mol. The minimum Gasteiger partial charge on any atom is -0.376 e. The van der Waals surface area contributed by atoms with E-state index in [2.05, 4.69) is 13.8 Å². The van der Waals surface area contributed by atoms with Crippen LogP contribution < -0.4 is 0 Å². The molecule has 0 aliphatic carbocycles. The summed E-state index contributed by atoms with van der Waals surface area (Å²) in [6.07, 6.45) is 1.13. The molecule has 2 saturated heterocycles. The number of hydrogen-bond acceptors (Lipinski definition) is 2. The Kier molecular flexibility index (Phi) is 1.55. The third-order valence-corrected chi connectivity index (χ3v) is 3.14. The highest BCUT2D eigenvalue weighted by Crippen LogP contribution is 2.45. The quantitative estimate of drug-likeness (QED) is 0.514. The molecule has 0 saturated carbocycles. The highest BCUT2D eigenvalue weighted by Gasteiger charge is 2.55. The van der Waals surface area contributed by atoms with Gasteiger partial charge >= 0.3 is 0 Å². The molecular formula is C8H13BO2. The zero-order chi connectivity index (χ0) is 8.06. The number of fused-ring (bicyclic) bond motifs is 2. The van der Waals surface area contributed by atoms with Crippen LogP contribution in [0.3, 0.4) is 0 Å². The predicted octanol–water partition coefficient (Wildman–Crippen LogP) is 0.695. The van der Waals surface area contributed by atoms with Crippen molar-refractivity contribution in [2.75, 3.05) is 6.61 Å². The third kappa shape index (κ3) is 0.813. The summed E-state index contributed by atoms with van der Waals surface area (Å²) < 4.78 is 11.2. The fourth-order valence-corrected chi connectivity index (χ4v) is 2.18. The molecule has 0 amide bonds. The summed E-state index contributed by atoms with van der Waals surface area (Å²) in [4.78, 5) is 0. The maximum atomic E-state index is 5.72. The smallest absolute Gasteiger partial charge is 0.112 e. The molecule has 0 aromatic heterocycles. The second-order valence-electron chi connectivity index (χ2n) is 3.57. The van der Waals surface area contributed by atoms with Crippen molar-refractivity contribution in [2.45, 2.75) is 38.0 Å². The van der Waals surface area contributed by atoms with Crippen LogP contribution in [0.2, 0.25) is 0 Å². The van der Waals surface area contributed by atoms with Gasteiger partial charge in [-0.1, -0.05) is 13.8 Å². The van der Waals surface area contributed by atoms with Crippen molar-refractivity contribution in [1.82, 2.24) is 0 Å². The Morgan fingerprint density at radius 1 is 1.64 bits per heavy atom. The van der Waals surface area contributed by atoms with Gasteiger partial charge in [0.1, 0.15) is 7.85 Å². The van der Waals surface area contributed by atoms with E-state index in [1.807, 2.05) is 0 Å². The molecule has 2 heterocycles. The fourth-order valence-electron chi connectivity index (χ4n) is 2.18. The molecule has 60 valence electrons. The first-order chi connectivity index (χ1) is 5.19. The first-order valence-corrected chi connectivity index (χ1v) is 4.24. The molecule has 2 radical (unpaired) electrons. The Hall–Kier alpha value is -0.0151. The summed E-state index contributed by atoms with van der Waals surface area (Å²) in [6, 6.07) is -0.196. The summed E-state index contributed by atoms with van der Waals surface area (Å²) in [7, 11) is 5.72. The third-order valence-electron chi connectivity index (χ3n) is 3.14. The molecule has 0 aromatic carbocycles. The molecule has 0 aromatic rings. The minimum atomic E-state index is -0.196. The van der Waals surface area contributed by atoms with Crippen molar-refractivity contribution in [2.24, 2.45) is 5.92 Å². The molecule has 2 nitrogen and oxygen atoms in total. The molecule has 1 unspecified atom stereocenters. The van der Waals surface area contributed by atoms with Gasteiger partial charge in [0.25, 0.3) is 0 Å². The van der Waals surface area contributed by atoms with Gasteiger partial charge in [-0.15, -0.1) is 0 Å². The summed E-state index contributed by atoms with van der Waals surface area (Å²) in [5.41, 5.74) is -0.0654. The van der Waals surface area contributed by atoms with Gasteiger partial charge in [0.2, 0.25) is 0 Å². The van der Waals surface area contributed by atoms with Crippen LogP contribution in [-0.4, -0.2) is 32.2 Å². The molecule has 3 heteroatoms. The zero-order valence-electron chi connectivity index (χ0n) is 7.04. The SMILES string of the molecule is [B][C@@H]1O[C@@]2(CC)COC1[C@H]2C. The van der Waals surface area contributed by atoms with Gasteiger partial charge in [-0.05, 0) is 6.42 Å². The van der Waals surface area contributed by atoms with E-state index in [1.165, 1.54) is 0 Å². The number of ether oxygens (including phenoxy) is 2. The Morgan fingerprint density at radius 3 is 2.64 bits per heavy atom. The number of rotatable bonds is 1. The van der Waals surface area contributed by atoms with Gasteiger partial charge in [0.05, 0.1) is 18.3 Å². The lowest BCUT2D eigenvalue weighted by molar-refractivity contribution is -0.115. The van der Waals surface area contributed by atoms with Crippen molar-refractivity contribution in [3.05, 3.63) is 0 Å². The lowest BCUT2D eigenvalue weighted by atomic mass is 9.85. The van der Waals surface area contributed by atoms with Crippen LogP contribution in [0.25, 0.3) is 0 Å². The summed E-state index contributed by atoms with van der Waals surface area (Å²) in [5.74, 6) is 0.461. The average molecular weight is 152 g/mol. The van der Waals surface area contributed by atoms with E-state index in [9.17, 15) is 0 Å². The van der Waals surface area contributed by atoms with Crippen molar-refractivity contribution in [3.8, 4) is 0 Å². The molecular weight excluding hydrogens is 139 g/mol. The van der Waals surface area contributed by atoms with Crippen molar-refractivity contribution in [1.29, 1.82) is 0 Å². The summed E-state index contributed by atoms with van der Waals surface area (Å²) in [5, 5.41) is 0. The second-order valence-corrected chi connectivity index (χ2v) is 3.57. The van der Waals surface area contributed by atoms with Gasteiger partial charge in [-0.2, -0.15) is 0 Å². The van der Waals surface area contributed by atoms with Crippen LogP contribution in [0.15, 0.2) is 0 Å². The van der Waals surface area contributed by atoms with Crippen LogP contribution >= 0.6 is 0 Å². The minimum absolute atomic E-state index is 0.0654. The average Bonchev–Trinajstić information content (AvgIpc) is 2.42. The Bertz CT molecular complexity index is 173. The molecule has 11 heavy (non-hydrogen) atoms. The van der Waals surface area contributed by atoms with Crippen LogP contribution in [0, 0.1) is 5.92 Å². The van der Waals surface area contributed by atoms with Crippen LogP contribution in [0.5, 0.6) is 0 Å². The van der Waals surface area contributed by atoms with Gasteiger partial charge in [0, 0.05) is 11.9 Å². The van der Waals surface area contributed by atoms with Gasteiger partial charge < -0.3 is 9.47 Å². The van der Waals surface area contributed by atoms with E-state index >= 15 is 0 Å². The van der Waals surface area contributed by atoms with E-state index in [-0.39, 0.29) is 17.7 Å². The van der Waals surface area contributed by atoms with E-state index in [1.54, 1.807) is 0 Å². The molecule has 0 N–H and O–H groups in total. The van der Waals surface area contributed by atoms with Crippen molar-refractivity contribution in [3.63, 3.8) is 0 Å². The van der Waals surface area contributed by atoms with Gasteiger partial charge in [0.15, 0.2) is 0 Å². The lowest BCUT2D eigenvalue weighted by Gasteiger charge is -2.29. The molecule has 0 spiro atoms. The second kappa shape index (κ2) is 2.24. The topological polar surface area (TPSA) is 18.5 Å². The summed E-state index contributed by atoms with van der Waals surface area (Å²) >= 11 is 0. The maximum Gasteiger partial charge on any atom is 0.112 e. The Balaban J connectivity index is 2.24. The molecule has 2 rings (SSSR count). The van der Waals surface area contributed by atoms with Gasteiger partial charge in [-0.3, -0.25) is 0 Å². The van der Waals surface area contributed by atoms with E-state index in [4.69, 9.17) is 17.3 Å². The molecule has 2 aliphatic heterocycles. The van der Waals surface area contributed by atoms with E-state index in [0.29, 0.717) is 5.92 Å². The largest absolute Gasteiger partial charge is 0.376 e. The molecule has 2 fully saturated rings. The molecule has 2 aliphatic rings. The highest BCUT2D eigenvalue weighted by atomic mass is 16.6. The Morgan fingerprint density at radius 2 is 2.36 bits per heavy atom. The molecule has 4 atom stereocenters. The van der Waals surface area contributed by atoms with Crippen molar-refractivity contribution >= 4 is 7.85 Å². The standard InChI is InChI=1S/C8H13BO2/c1-3-8-4-10-6(5(8)2)7(9)11-8/h5-7H,3-4H2,1-2H3/t5-,6?,7-,8+/m1/s1. The first kappa shape index (κ1) is 7.62. The van der Waals surface area contributed by atoms with Crippen molar-refractivity contribution < 1.29 is 9.47 Å². The zero-order valence-corrected chi connectivity index (χ0v) is 7.04. The van der Waals surface area contributed by atoms with Crippen LogP contribution in [0.4, 0.5) is 0 Å². The Labute approximate surface area is 68.7 Å². The lowest BCUT2D eigenvalue weighted by Crippen LogP contribution is -2.37. The fraction of sp³-hybridized carbons (Fsp3) is 1.00. The van der Waals surface area contributed by atoms with Crippen LogP contribution in [-0.2, 0) is 9.47 Å². The maximum absolute atomic E-state index is 5.72. The normalized spacial score (nSPS) is 55.3. The molecule has 2 bridgehead atoms. The van der Waals surface area contributed by atoms with Gasteiger partial charge in [-0.25, -0.2) is 0 Å². The first-order valence-electron chi connectivity index (χ1n) is 4.24. The number of hydrogen-bond donors (Lipinski definition) is 0. The monoisotopic (exact) mass is 152 g/mol.